The van der Waals surface area contributed by atoms with Gasteiger partial charge in [-0.1, -0.05) is 36.4 Å². The minimum atomic E-state index is -5.55. The Labute approximate surface area is 142 Å². The minimum Gasteiger partial charge on any atom is -0.169 e. The number of halogens is 6. The second-order valence-electron chi connectivity index (χ2n) is 6.24. The van der Waals surface area contributed by atoms with Gasteiger partial charge < -0.3 is 0 Å². The molecule has 0 heterocycles. The van der Waals surface area contributed by atoms with Gasteiger partial charge in [-0.25, -0.2) is 0 Å². The van der Waals surface area contributed by atoms with Crippen molar-refractivity contribution in [1.29, 1.82) is 0 Å². The Bertz CT molecular complexity index is 716. The first-order valence-electron chi connectivity index (χ1n) is 7.62. The fraction of sp³-hybridized carbons (Fsp3) is 0.368. The van der Waals surface area contributed by atoms with E-state index in [1.165, 1.54) is 52.0 Å². The molecule has 2 rings (SSSR count). The van der Waals surface area contributed by atoms with Crippen molar-refractivity contribution in [1.82, 2.24) is 0 Å². The molecule has 2 aromatic rings. The maximum atomic E-state index is 14.1. The van der Waals surface area contributed by atoms with Gasteiger partial charge in [0.2, 0.25) is 5.41 Å². The smallest absolute Gasteiger partial charge is 0.169 e. The van der Waals surface area contributed by atoms with E-state index in [0.717, 1.165) is 12.1 Å². The molecule has 0 unspecified atom stereocenters. The molecule has 0 fully saturated rings. The third kappa shape index (κ3) is 2.81. The molecule has 0 aromatic heterocycles. The molecule has 0 amide bonds. The van der Waals surface area contributed by atoms with E-state index in [1.54, 1.807) is 0 Å². The highest BCUT2D eigenvalue weighted by molar-refractivity contribution is 5.53. The number of rotatable bonds is 2. The average Bonchev–Trinajstić information content (AvgIpc) is 2.45. The molecular weight excluding hydrogens is 342 g/mol. The van der Waals surface area contributed by atoms with E-state index in [4.69, 9.17) is 0 Å². The van der Waals surface area contributed by atoms with Crippen LogP contribution in [0.3, 0.4) is 0 Å². The third-order valence-corrected chi connectivity index (χ3v) is 4.87. The van der Waals surface area contributed by atoms with Crippen molar-refractivity contribution >= 4 is 0 Å². The molecule has 0 radical (unpaired) electrons. The summed E-state index contributed by atoms with van der Waals surface area (Å²) in [5.41, 5.74) is -4.91. The van der Waals surface area contributed by atoms with Crippen LogP contribution in [0.25, 0.3) is 0 Å². The second kappa shape index (κ2) is 6.07. The lowest BCUT2D eigenvalue weighted by atomic mass is 9.69. The van der Waals surface area contributed by atoms with Gasteiger partial charge in [0, 0.05) is 0 Å². The highest BCUT2D eigenvalue weighted by Gasteiger charge is 2.73. The summed E-state index contributed by atoms with van der Waals surface area (Å²) in [4.78, 5) is 0. The van der Waals surface area contributed by atoms with Crippen molar-refractivity contribution in [2.24, 2.45) is 0 Å². The molecule has 0 nitrogen and oxygen atoms in total. The number of benzene rings is 2. The molecule has 0 bridgehead atoms. The lowest BCUT2D eigenvalue weighted by molar-refractivity contribution is -0.289. The zero-order valence-electron chi connectivity index (χ0n) is 14.2. The Balaban J connectivity index is 3.09. The van der Waals surface area contributed by atoms with Crippen molar-refractivity contribution in [3.05, 3.63) is 69.8 Å². The largest absolute Gasteiger partial charge is 0.411 e. The fourth-order valence-corrected chi connectivity index (χ4v) is 3.23. The first-order valence-corrected chi connectivity index (χ1v) is 7.62. The summed E-state index contributed by atoms with van der Waals surface area (Å²) < 4.78 is 84.9. The average molecular weight is 360 g/mol. The topological polar surface area (TPSA) is 0 Å². The van der Waals surface area contributed by atoms with Crippen molar-refractivity contribution in [2.45, 2.75) is 45.5 Å². The second-order valence-corrected chi connectivity index (χ2v) is 6.24. The van der Waals surface area contributed by atoms with E-state index < -0.39 is 28.9 Å². The first kappa shape index (κ1) is 19.3. The monoisotopic (exact) mass is 360 g/mol. The number of aryl methyl sites for hydroxylation is 2. The summed E-state index contributed by atoms with van der Waals surface area (Å²) in [6.45, 7) is 5.59. The Morgan fingerprint density at radius 1 is 0.560 bits per heavy atom. The maximum Gasteiger partial charge on any atom is 0.411 e. The Morgan fingerprint density at radius 3 is 1.16 bits per heavy atom. The van der Waals surface area contributed by atoms with Crippen LogP contribution in [0.1, 0.15) is 33.4 Å². The Kier molecular flexibility index (Phi) is 4.70. The summed E-state index contributed by atoms with van der Waals surface area (Å²) >= 11 is 0. The predicted octanol–water partition coefficient (Wildman–Crippen LogP) is 6.33. The summed E-state index contributed by atoms with van der Waals surface area (Å²) in [6, 6.07) is 7.30. The lowest BCUT2D eigenvalue weighted by Crippen LogP contribution is -2.55. The molecule has 0 saturated heterocycles. The van der Waals surface area contributed by atoms with Gasteiger partial charge >= 0.3 is 12.4 Å². The van der Waals surface area contributed by atoms with Crippen LogP contribution in [0, 0.1) is 27.7 Å². The van der Waals surface area contributed by atoms with E-state index in [-0.39, 0.29) is 11.1 Å². The van der Waals surface area contributed by atoms with Gasteiger partial charge in [-0.15, -0.1) is 0 Å². The molecule has 2 aromatic carbocycles. The van der Waals surface area contributed by atoms with Crippen molar-refractivity contribution in [3.63, 3.8) is 0 Å². The quantitative estimate of drug-likeness (QED) is 0.549. The Morgan fingerprint density at radius 2 is 0.880 bits per heavy atom. The van der Waals surface area contributed by atoms with E-state index in [2.05, 4.69) is 0 Å². The van der Waals surface area contributed by atoms with Crippen molar-refractivity contribution < 1.29 is 26.3 Å². The van der Waals surface area contributed by atoms with Gasteiger partial charge in [0.15, 0.2) is 0 Å². The lowest BCUT2D eigenvalue weighted by Gasteiger charge is -2.40. The highest BCUT2D eigenvalue weighted by Crippen LogP contribution is 2.57. The zero-order chi connectivity index (χ0) is 19.2. The third-order valence-electron chi connectivity index (χ3n) is 4.87. The molecule has 25 heavy (non-hydrogen) atoms. The molecule has 0 aliphatic carbocycles. The van der Waals surface area contributed by atoms with Gasteiger partial charge in [0.1, 0.15) is 0 Å². The first-order chi connectivity index (χ1) is 11.4. The zero-order valence-corrected chi connectivity index (χ0v) is 14.2. The summed E-state index contributed by atoms with van der Waals surface area (Å²) in [5.74, 6) is 0. The molecule has 0 spiro atoms. The van der Waals surface area contributed by atoms with Crippen LogP contribution in [0.5, 0.6) is 0 Å². The standard InChI is InChI=1S/C19H18F6/c1-11-7-5-9-15(13(11)3)17(18(20,21)22,19(23,24)25)16-10-6-8-12(2)14(16)4/h5-10H,1-4H3. The molecule has 0 aliphatic rings. The van der Waals surface area contributed by atoms with Crippen molar-refractivity contribution in [2.75, 3.05) is 0 Å². The van der Waals surface area contributed by atoms with Crippen molar-refractivity contribution in [3.8, 4) is 0 Å². The summed E-state index contributed by atoms with van der Waals surface area (Å²) in [7, 11) is 0. The molecule has 136 valence electrons. The SMILES string of the molecule is Cc1cccc(C(c2cccc(C)c2C)(C(F)(F)F)C(F)(F)F)c1C. The van der Waals surface area contributed by atoms with Crippen LogP contribution in [0.2, 0.25) is 0 Å². The molecule has 0 saturated carbocycles. The van der Waals surface area contributed by atoms with Gasteiger partial charge in [-0.05, 0) is 61.1 Å². The molecule has 0 N–H and O–H groups in total. The molecule has 0 atom stereocenters. The summed E-state index contributed by atoms with van der Waals surface area (Å²) in [6.07, 6.45) is -11.1. The predicted molar refractivity (Wildman–Crippen MR) is 84.7 cm³/mol. The maximum absolute atomic E-state index is 14.1. The summed E-state index contributed by atoms with van der Waals surface area (Å²) in [5, 5.41) is 0. The van der Waals surface area contributed by atoms with Crippen LogP contribution >= 0.6 is 0 Å². The van der Waals surface area contributed by atoms with Gasteiger partial charge in [0.05, 0.1) is 0 Å². The van der Waals surface area contributed by atoms with E-state index in [9.17, 15) is 26.3 Å². The van der Waals surface area contributed by atoms with Gasteiger partial charge in [0.25, 0.3) is 0 Å². The van der Waals surface area contributed by atoms with E-state index in [0.29, 0.717) is 11.1 Å². The molecule has 0 aliphatic heterocycles. The normalized spacial score (nSPS) is 13.2. The number of hydrogen-bond donors (Lipinski definition) is 0. The van der Waals surface area contributed by atoms with Gasteiger partial charge in [-0.2, -0.15) is 26.3 Å². The Hall–Kier alpha value is -1.98. The number of alkyl halides is 6. The molecule has 6 heteroatoms. The minimum absolute atomic E-state index is 0.0157. The van der Waals surface area contributed by atoms with Crippen LogP contribution in [0.15, 0.2) is 36.4 Å². The fourth-order valence-electron chi connectivity index (χ4n) is 3.23. The van der Waals surface area contributed by atoms with Crippen LogP contribution < -0.4 is 0 Å². The van der Waals surface area contributed by atoms with Crippen LogP contribution in [0.4, 0.5) is 26.3 Å². The van der Waals surface area contributed by atoms with Gasteiger partial charge in [-0.3, -0.25) is 0 Å². The van der Waals surface area contributed by atoms with E-state index >= 15 is 0 Å². The van der Waals surface area contributed by atoms with E-state index in [1.807, 2.05) is 0 Å². The number of hydrogen-bond acceptors (Lipinski definition) is 0. The molecular formula is C19H18F6. The van der Waals surface area contributed by atoms with Crippen LogP contribution in [-0.2, 0) is 5.41 Å². The van der Waals surface area contributed by atoms with Crippen LogP contribution in [-0.4, -0.2) is 12.4 Å². The highest BCUT2D eigenvalue weighted by atomic mass is 19.4.